The number of hydrogen-bond acceptors (Lipinski definition) is 4. The molecule has 0 atom stereocenters. The zero-order valence-corrected chi connectivity index (χ0v) is 18.3. The van der Waals surface area contributed by atoms with Gasteiger partial charge < -0.3 is 10.4 Å². The number of nitrogens with one attached hydrogen (secondary N) is 2. The van der Waals surface area contributed by atoms with E-state index >= 15 is 0 Å². The van der Waals surface area contributed by atoms with Crippen LogP contribution in [0, 0.1) is 0 Å². The molecule has 1 aliphatic rings. The van der Waals surface area contributed by atoms with Gasteiger partial charge in [0.2, 0.25) is 0 Å². The largest absolute Gasteiger partial charge is 0.481 e. The Labute approximate surface area is 192 Å². The molecule has 2 heterocycles. The van der Waals surface area contributed by atoms with Crippen LogP contribution in [0.15, 0.2) is 66.9 Å². The molecule has 6 nitrogen and oxygen atoms in total. The molecular formula is C27H26N4O2. The third kappa shape index (κ3) is 4.51. The summed E-state index contributed by atoms with van der Waals surface area (Å²) in [5.41, 5.74) is 7.18. The normalized spacial score (nSPS) is 13.6. The molecule has 1 aliphatic carbocycles. The van der Waals surface area contributed by atoms with Gasteiger partial charge in [-0.3, -0.25) is 14.9 Å². The van der Waals surface area contributed by atoms with Crippen LogP contribution in [0.3, 0.4) is 0 Å². The number of allylic oxidation sites excluding steroid dienone is 2. The number of pyridine rings is 1. The van der Waals surface area contributed by atoms with E-state index in [1.165, 1.54) is 18.4 Å². The monoisotopic (exact) mass is 438 g/mol. The summed E-state index contributed by atoms with van der Waals surface area (Å²) in [6, 6.07) is 17.9. The summed E-state index contributed by atoms with van der Waals surface area (Å²) in [5.74, 6) is -0.0975. The number of anilines is 1. The molecule has 166 valence electrons. The summed E-state index contributed by atoms with van der Waals surface area (Å²) in [4.78, 5) is 16.0. The predicted octanol–water partition coefficient (Wildman–Crippen LogP) is 5.82. The molecule has 6 heteroatoms. The van der Waals surface area contributed by atoms with Crippen LogP contribution in [0.25, 0.3) is 27.6 Å². The number of rotatable bonds is 7. The number of benzene rings is 2. The van der Waals surface area contributed by atoms with Crippen LogP contribution in [-0.2, 0) is 17.8 Å². The Balaban J connectivity index is 1.44. The first-order chi connectivity index (χ1) is 16.2. The number of aromatic nitrogens is 3. The SMILES string of the molecule is O=C(O)Cc1ccccc1CNc1n[nH]c2cccc(-c3ccc(C4=CCCCC4)nc3)c12. The number of carbonyl (C=O) groups is 1. The van der Waals surface area contributed by atoms with E-state index in [4.69, 9.17) is 4.98 Å². The Morgan fingerprint density at radius 1 is 1.03 bits per heavy atom. The molecule has 0 aliphatic heterocycles. The van der Waals surface area contributed by atoms with Gasteiger partial charge in [0.05, 0.1) is 23.0 Å². The molecule has 0 radical (unpaired) electrons. The number of aliphatic carboxylic acids is 1. The van der Waals surface area contributed by atoms with E-state index in [1.807, 2.05) is 42.6 Å². The molecule has 0 bridgehead atoms. The smallest absolute Gasteiger partial charge is 0.307 e. The number of fused-ring (bicyclic) bond motifs is 1. The maximum atomic E-state index is 11.2. The Bertz CT molecular complexity index is 1320. The van der Waals surface area contributed by atoms with Crippen LogP contribution in [0.5, 0.6) is 0 Å². The molecule has 4 aromatic rings. The highest BCUT2D eigenvalue weighted by Crippen LogP contribution is 2.33. The van der Waals surface area contributed by atoms with Crippen molar-refractivity contribution in [2.24, 2.45) is 0 Å². The maximum Gasteiger partial charge on any atom is 0.307 e. The summed E-state index contributed by atoms with van der Waals surface area (Å²) >= 11 is 0. The molecule has 0 saturated heterocycles. The second-order valence-electron chi connectivity index (χ2n) is 8.40. The highest BCUT2D eigenvalue weighted by molar-refractivity contribution is 6.02. The van der Waals surface area contributed by atoms with E-state index in [0.717, 1.165) is 57.5 Å². The van der Waals surface area contributed by atoms with Gasteiger partial charge >= 0.3 is 5.97 Å². The molecule has 5 rings (SSSR count). The zero-order chi connectivity index (χ0) is 22.6. The lowest BCUT2D eigenvalue weighted by molar-refractivity contribution is -0.136. The maximum absolute atomic E-state index is 11.2. The van der Waals surface area contributed by atoms with Crippen LogP contribution in [-0.4, -0.2) is 26.3 Å². The highest BCUT2D eigenvalue weighted by atomic mass is 16.4. The number of aromatic amines is 1. The summed E-state index contributed by atoms with van der Waals surface area (Å²) in [7, 11) is 0. The number of H-pyrrole nitrogens is 1. The fraction of sp³-hybridized carbons (Fsp3) is 0.222. The molecule has 2 aromatic carbocycles. The van der Waals surface area contributed by atoms with Gasteiger partial charge in [-0.05, 0) is 60.1 Å². The molecule has 3 N–H and O–H groups in total. The number of carboxylic acids is 1. The second kappa shape index (κ2) is 9.28. The van der Waals surface area contributed by atoms with Gasteiger partial charge in [0.25, 0.3) is 0 Å². The van der Waals surface area contributed by atoms with Gasteiger partial charge in [0.15, 0.2) is 5.82 Å². The van der Waals surface area contributed by atoms with Gasteiger partial charge in [-0.15, -0.1) is 0 Å². The molecular weight excluding hydrogens is 412 g/mol. The van der Waals surface area contributed by atoms with Crippen LogP contribution in [0.4, 0.5) is 5.82 Å². The van der Waals surface area contributed by atoms with E-state index in [2.05, 4.69) is 39.8 Å². The summed E-state index contributed by atoms with van der Waals surface area (Å²) in [5, 5.41) is 21.2. The third-order valence-electron chi connectivity index (χ3n) is 6.19. The fourth-order valence-electron chi connectivity index (χ4n) is 4.50. The minimum absolute atomic E-state index is 0.00112. The second-order valence-corrected chi connectivity index (χ2v) is 8.40. The van der Waals surface area contributed by atoms with Gasteiger partial charge in [-0.2, -0.15) is 5.10 Å². The van der Waals surface area contributed by atoms with Crippen molar-refractivity contribution in [1.29, 1.82) is 0 Å². The Kier molecular flexibility index (Phi) is 5.89. The first-order valence-electron chi connectivity index (χ1n) is 11.3. The number of hydrogen-bond donors (Lipinski definition) is 3. The molecule has 0 amide bonds. The molecule has 0 unspecified atom stereocenters. The van der Waals surface area contributed by atoms with Crippen molar-refractivity contribution in [3.8, 4) is 11.1 Å². The van der Waals surface area contributed by atoms with Gasteiger partial charge in [0, 0.05) is 18.3 Å². The van der Waals surface area contributed by atoms with Crippen molar-refractivity contribution in [2.45, 2.75) is 38.6 Å². The minimum Gasteiger partial charge on any atom is -0.481 e. The van der Waals surface area contributed by atoms with Crippen molar-refractivity contribution in [3.63, 3.8) is 0 Å². The average Bonchev–Trinajstić information content (AvgIpc) is 3.27. The van der Waals surface area contributed by atoms with Crippen LogP contribution in [0.1, 0.15) is 42.5 Å². The highest BCUT2D eigenvalue weighted by Gasteiger charge is 2.14. The summed E-state index contributed by atoms with van der Waals surface area (Å²) < 4.78 is 0. The van der Waals surface area contributed by atoms with Gasteiger partial charge in [-0.1, -0.05) is 48.5 Å². The lowest BCUT2D eigenvalue weighted by atomic mass is 9.96. The lowest BCUT2D eigenvalue weighted by Crippen LogP contribution is -2.07. The van der Waals surface area contributed by atoms with Crippen LogP contribution >= 0.6 is 0 Å². The molecule has 0 fully saturated rings. The minimum atomic E-state index is -0.838. The van der Waals surface area contributed by atoms with Gasteiger partial charge in [0.1, 0.15) is 0 Å². The third-order valence-corrected chi connectivity index (χ3v) is 6.19. The van der Waals surface area contributed by atoms with Crippen molar-refractivity contribution in [3.05, 3.63) is 83.7 Å². The van der Waals surface area contributed by atoms with Gasteiger partial charge in [-0.25, -0.2) is 0 Å². The zero-order valence-electron chi connectivity index (χ0n) is 18.3. The molecule has 0 spiro atoms. The average molecular weight is 439 g/mol. The van der Waals surface area contributed by atoms with Crippen molar-refractivity contribution in [2.75, 3.05) is 5.32 Å². The first kappa shape index (κ1) is 20.9. The topological polar surface area (TPSA) is 90.9 Å². The van der Waals surface area contributed by atoms with Crippen molar-refractivity contribution >= 4 is 28.3 Å². The predicted molar refractivity (Wildman–Crippen MR) is 131 cm³/mol. The Morgan fingerprint density at radius 3 is 2.67 bits per heavy atom. The fourth-order valence-corrected chi connectivity index (χ4v) is 4.50. The Morgan fingerprint density at radius 2 is 1.91 bits per heavy atom. The van der Waals surface area contributed by atoms with Crippen molar-refractivity contribution < 1.29 is 9.90 Å². The number of carboxylic acid groups (broad SMARTS) is 1. The van der Waals surface area contributed by atoms with Crippen molar-refractivity contribution in [1.82, 2.24) is 15.2 Å². The van der Waals surface area contributed by atoms with E-state index in [1.54, 1.807) is 0 Å². The van der Waals surface area contributed by atoms with Crippen LogP contribution < -0.4 is 5.32 Å². The number of nitrogens with zero attached hydrogens (tertiary/aromatic N) is 2. The first-order valence-corrected chi connectivity index (χ1v) is 11.3. The molecule has 2 aromatic heterocycles. The summed E-state index contributed by atoms with van der Waals surface area (Å²) in [6.45, 7) is 0.489. The van der Waals surface area contributed by atoms with Crippen LogP contribution in [0.2, 0.25) is 0 Å². The molecule has 0 saturated carbocycles. The lowest BCUT2D eigenvalue weighted by Gasteiger charge is -2.13. The standard InChI is InChI=1S/C27H26N4O2/c32-25(33)15-19-9-4-5-10-20(19)16-29-27-26-22(11-6-12-24(26)30-31-27)21-13-14-23(28-17-21)18-7-2-1-3-8-18/h4-7,9-14,17H,1-3,8,15-16H2,(H,32,33)(H2,29,30,31). The molecule has 33 heavy (non-hydrogen) atoms. The van der Waals surface area contributed by atoms with E-state index in [0.29, 0.717) is 6.54 Å². The quantitative estimate of drug-likeness (QED) is 0.338. The van der Waals surface area contributed by atoms with E-state index in [9.17, 15) is 9.90 Å². The van der Waals surface area contributed by atoms with E-state index < -0.39 is 5.97 Å². The van der Waals surface area contributed by atoms with E-state index in [-0.39, 0.29) is 6.42 Å². The summed E-state index contributed by atoms with van der Waals surface area (Å²) in [6.07, 6.45) is 8.98. The Hall–Kier alpha value is -3.93.